The summed E-state index contributed by atoms with van der Waals surface area (Å²) in [5, 5.41) is 1.40. The van der Waals surface area contributed by atoms with E-state index < -0.39 is 7.14 Å². The number of hydrogen-bond acceptors (Lipinski definition) is 3. The van der Waals surface area contributed by atoms with Crippen LogP contribution in [0.3, 0.4) is 0 Å². The molecule has 0 heterocycles. The van der Waals surface area contributed by atoms with Gasteiger partial charge in [-0.2, -0.15) is 0 Å². The Hall–Kier alpha value is -0.928. The summed E-state index contributed by atoms with van der Waals surface area (Å²) < 4.78 is 13.2. The first-order valence-corrected chi connectivity index (χ1v) is 11.4. The third-order valence-corrected chi connectivity index (χ3v) is 7.82. The first-order valence-electron chi connectivity index (χ1n) is 8.90. The molecule has 0 aliphatic carbocycles. The first-order chi connectivity index (χ1) is 14.2. The minimum Gasteiger partial charge on any atom is -1.00 e. The predicted octanol–water partition coefficient (Wildman–Crippen LogP) is 2.43. The topological polar surface area (TPSA) is 17.1 Å². The van der Waals surface area contributed by atoms with Gasteiger partial charge in [-0.1, -0.05) is 125 Å². The average Bonchev–Trinajstić information content (AvgIpc) is 2.82. The molecule has 0 saturated carbocycles. The number of benzene rings is 4. The van der Waals surface area contributed by atoms with Crippen LogP contribution in [-0.4, -0.2) is 31.2 Å². The van der Waals surface area contributed by atoms with Crippen molar-refractivity contribution in [1.82, 2.24) is 0 Å². The zero-order valence-electron chi connectivity index (χ0n) is 16.6. The Morgan fingerprint density at radius 3 is 1.13 bits per heavy atom. The summed E-state index contributed by atoms with van der Waals surface area (Å²) >= 11 is 10.1. The quantitative estimate of drug-likeness (QED) is 0.105. The Morgan fingerprint density at radius 1 is 0.645 bits per heavy atom. The number of rotatable bonds is 3. The molecular formula is C25H20IOPPbS2. The van der Waals surface area contributed by atoms with Crippen molar-refractivity contribution in [3.63, 3.8) is 0 Å². The Morgan fingerprint density at radius 2 is 0.935 bits per heavy atom. The zero-order valence-corrected chi connectivity index (χ0v) is 25.2. The van der Waals surface area contributed by atoms with Gasteiger partial charge in [-0.25, -0.2) is 0 Å². The second kappa shape index (κ2) is 17.6. The third-order valence-electron chi connectivity index (χ3n) is 3.71. The van der Waals surface area contributed by atoms with Crippen LogP contribution in [0.2, 0.25) is 0 Å². The van der Waals surface area contributed by atoms with Crippen molar-refractivity contribution in [2.75, 3.05) is 0 Å². The van der Waals surface area contributed by atoms with Crippen molar-refractivity contribution in [3.8, 4) is 0 Å². The number of thiocarbonyl (C=S) groups is 1. The SMILES string of the molecule is O=P(C(=S)[S-])(c1ccccc1)c1ccccc1.[I-].[Pb+2].[c]1ccccc1.[c]1ccccc1. The monoisotopic (exact) mass is 766 g/mol. The van der Waals surface area contributed by atoms with Gasteiger partial charge >= 0.3 is 27.3 Å². The van der Waals surface area contributed by atoms with Crippen molar-refractivity contribution in [3.05, 3.63) is 133 Å². The Bertz CT molecular complexity index is 876. The van der Waals surface area contributed by atoms with Crippen LogP contribution in [-0.2, 0) is 17.2 Å². The summed E-state index contributed by atoms with van der Waals surface area (Å²) in [6.07, 6.45) is 0. The van der Waals surface area contributed by atoms with Crippen LogP contribution in [0.25, 0.3) is 0 Å². The minimum absolute atomic E-state index is 0. The molecule has 0 spiro atoms. The van der Waals surface area contributed by atoms with Crippen LogP contribution in [0.5, 0.6) is 0 Å². The first kappa shape index (κ1) is 30.1. The molecule has 0 bridgehead atoms. The maximum atomic E-state index is 13.1. The standard InChI is InChI=1S/C13H11OPS2.2C6H5.HI.Pb/c14-15(13(16)17,11-7-3-1-4-8-11)12-9-5-2-6-10-12;2*1-2-4-6-5-3-1;;/h1-10H,(H,16,17);2*1-5H;1H;/q;;;;+2/p-2. The average molecular weight is 766 g/mol. The van der Waals surface area contributed by atoms with Gasteiger partial charge in [-0.15, -0.1) is 0 Å². The van der Waals surface area contributed by atoms with E-state index in [1.165, 1.54) is 0 Å². The Balaban J connectivity index is 0.000000530. The van der Waals surface area contributed by atoms with E-state index in [4.69, 9.17) is 24.8 Å². The smallest absolute Gasteiger partial charge is 1.00 e. The van der Waals surface area contributed by atoms with Crippen molar-refractivity contribution >= 4 is 73.8 Å². The molecule has 0 saturated heterocycles. The van der Waals surface area contributed by atoms with Crippen molar-refractivity contribution < 1.29 is 28.5 Å². The molecule has 6 heteroatoms. The fourth-order valence-corrected chi connectivity index (χ4v) is 5.49. The summed E-state index contributed by atoms with van der Waals surface area (Å²) in [5.74, 6) is 0. The molecule has 0 aromatic heterocycles. The predicted molar refractivity (Wildman–Crippen MR) is 136 cm³/mol. The normalized spacial score (nSPS) is 9.16. The van der Waals surface area contributed by atoms with E-state index in [1.807, 2.05) is 121 Å². The van der Waals surface area contributed by atoms with Gasteiger partial charge in [0.25, 0.3) is 0 Å². The van der Waals surface area contributed by atoms with E-state index >= 15 is 0 Å². The molecule has 4 aromatic carbocycles. The number of halogens is 1. The van der Waals surface area contributed by atoms with Gasteiger partial charge in [0.05, 0.1) is 0 Å². The third kappa shape index (κ3) is 10.5. The Labute approximate surface area is 233 Å². The van der Waals surface area contributed by atoms with E-state index in [-0.39, 0.29) is 55.2 Å². The summed E-state index contributed by atoms with van der Waals surface area (Å²) in [4.78, 5) is 0. The molecule has 154 valence electrons. The van der Waals surface area contributed by atoms with Gasteiger partial charge < -0.3 is 53.4 Å². The zero-order chi connectivity index (χ0) is 20.8. The number of hydrogen-bond donors (Lipinski definition) is 0. The molecule has 4 rings (SSSR count). The molecule has 0 N–H and O–H groups in total. The van der Waals surface area contributed by atoms with E-state index in [0.29, 0.717) is 10.6 Å². The fourth-order valence-electron chi connectivity index (χ4n) is 2.32. The van der Waals surface area contributed by atoms with E-state index in [2.05, 4.69) is 12.1 Å². The fraction of sp³-hybridized carbons (Fsp3) is 0. The van der Waals surface area contributed by atoms with Crippen LogP contribution in [0.1, 0.15) is 0 Å². The molecule has 0 amide bonds. The molecule has 0 aliphatic heterocycles. The van der Waals surface area contributed by atoms with Crippen LogP contribution < -0.4 is 34.6 Å². The molecular weight excluding hydrogens is 745 g/mol. The summed E-state index contributed by atoms with van der Waals surface area (Å²) in [5.41, 5.74) is 0. The Kier molecular flexibility index (Phi) is 17.1. The van der Waals surface area contributed by atoms with Crippen LogP contribution in [0.4, 0.5) is 0 Å². The van der Waals surface area contributed by atoms with Gasteiger partial charge in [-0.05, 0) is 12.1 Å². The van der Waals surface area contributed by atoms with Gasteiger partial charge in [0.2, 0.25) is 0 Å². The molecule has 1 nitrogen and oxygen atoms in total. The molecule has 4 aromatic rings. The minimum atomic E-state index is -2.95. The van der Waals surface area contributed by atoms with Crippen LogP contribution >= 0.6 is 19.4 Å². The molecule has 0 aliphatic rings. The summed E-state index contributed by atoms with van der Waals surface area (Å²) in [7, 11) is -2.95. The van der Waals surface area contributed by atoms with Crippen molar-refractivity contribution in [2.24, 2.45) is 0 Å². The molecule has 0 unspecified atom stereocenters. The summed E-state index contributed by atoms with van der Waals surface area (Å²) in [6.45, 7) is 0. The van der Waals surface area contributed by atoms with E-state index in [0.717, 1.165) is 0 Å². The second-order valence-electron chi connectivity index (χ2n) is 5.70. The van der Waals surface area contributed by atoms with Crippen molar-refractivity contribution in [1.29, 1.82) is 0 Å². The summed E-state index contributed by atoms with van der Waals surface area (Å²) in [6, 6.07) is 43.4. The maximum Gasteiger partial charge on any atom is 2.00 e. The van der Waals surface area contributed by atoms with Crippen molar-refractivity contribution in [2.45, 2.75) is 0 Å². The molecule has 31 heavy (non-hydrogen) atoms. The maximum absolute atomic E-state index is 13.1. The molecule has 0 fully saturated rings. The largest absolute Gasteiger partial charge is 2.00 e. The second-order valence-corrected chi connectivity index (χ2v) is 10.1. The molecule has 4 radical (unpaired) electrons. The van der Waals surface area contributed by atoms with Gasteiger partial charge in [0.15, 0.2) is 7.14 Å². The van der Waals surface area contributed by atoms with E-state index in [9.17, 15) is 4.57 Å². The van der Waals surface area contributed by atoms with Gasteiger partial charge in [0.1, 0.15) is 0 Å². The van der Waals surface area contributed by atoms with Gasteiger partial charge in [-0.3, -0.25) is 0 Å². The van der Waals surface area contributed by atoms with Gasteiger partial charge in [0, 0.05) is 10.6 Å². The van der Waals surface area contributed by atoms with Crippen LogP contribution in [0, 0.1) is 12.1 Å². The van der Waals surface area contributed by atoms with E-state index in [1.54, 1.807) is 0 Å². The molecule has 0 atom stereocenters. The van der Waals surface area contributed by atoms with Crippen LogP contribution in [0.15, 0.2) is 121 Å².